The Kier molecular flexibility index (Phi) is 7.61. The molecule has 0 radical (unpaired) electrons. The molecule has 2 aromatic carbocycles. The number of imidazole rings is 1. The molecule has 1 saturated heterocycles. The van der Waals surface area contributed by atoms with Crippen molar-refractivity contribution in [3.05, 3.63) is 42.0 Å². The summed E-state index contributed by atoms with van der Waals surface area (Å²) in [6.07, 6.45) is -1.15. The van der Waals surface area contributed by atoms with Crippen molar-refractivity contribution in [1.82, 2.24) is 24.8 Å². The largest absolute Gasteiger partial charge is 0.573 e. The van der Waals surface area contributed by atoms with E-state index >= 15 is 0 Å². The van der Waals surface area contributed by atoms with Gasteiger partial charge in [-0.05, 0) is 49.1 Å². The molecule has 1 aliphatic heterocycles. The molecule has 0 bridgehead atoms. The quantitative estimate of drug-likeness (QED) is 0.315. The van der Waals surface area contributed by atoms with Crippen molar-refractivity contribution in [2.24, 2.45) is 18.0 Å². The van der Waals surface area contributed by atoms with E-state index in [4.69, 9.17) is 0 Å². The van der Waals surface area contributed by atoms with Gasteiger partial charge in [-0.3, -0.25) is 9.59 Å². The SMILES string of the molecule is C/N=C/C1CCN(C(=O)CNC(=O)c2ccc3c(c2)nc(Nc2nc4ccc(OC(F)(F)F)cc4s2)n3C)CC1. The minimum Gasteiger partial charge on any atom is -0.406 e. The first-order valence-electron chi connectivity index (χ1n) is 12.5. The van der Waals surface area contributed by atoms with E-state index in [9.17, 15) is 22.8 Å². The third-order valence-corrected chi connectivity index (χ3v) is 7.54. The van der Waals surface area contributed by atoms with Gasteiger partial charge in [0.15, 0.2) is 5.13 Å². The Balaban J connectivity index is 1.24. The Hall–Kier alpha value is -4.20. The molecule has 14 heteroatoms. The number of halogens is 3. The van der Waals surface area contributed by atoms with Gasteiger partial charge in [-0.15, -0.1) is 13.2 Å². The highest BCUT2D eigenvalue weighted by Gasteiger charge is 2.31. The molecule has 0 atom stereocenters. The number of nitrogens with one attached hydrogen (secondary N) is 2. The van der Waals surface area contributed by atoms with E-state index in [0.29, 0.717) is 51.4 Å². The van der Waals surface area contributed by atoms with Gasteiger partial charge in [0.2, 0.25) is 11.9 Å². The maximum Gasteiger partial charge on any atom is 0.573 e. The number of thiazole rings is 1. The third-order valence-electron chi connectivity index (χ3n) is 6.61. The summed E-state index contributed by atoms with van der Waals surface area (Å²) < 4.78 is 43.9. The van der Waals surface area contributed by atoms with Crippen LogP contribution in [-0.2, 0) is 11.8 Å². The number of anilines is 2. The molecule has 0 aliphatic carbocycles. The number of amides is 2. The molecule has 1 fully saturated rings. The van der Waals surface area contributed by atoms with E-state index < -0.39 is 6.36 Å². The van der Waals surface area contributed by atoms with E-state index in [1.165, 1.54) is 18.2 Å². The van der Waals surface area contributed by atoms with Crippen LogP contribution in [-0.4, -0.2) is 70.5 Å². The van der Waals surface area contributed by atoms with Gasteiger partial charge >= 0.3 is 6.36 Å². The average Bonchev–Trinajstić information content (AvgIpc) is 3.45. The van der Waals surface area contributed by atoms with Crippen molar-refractivity contribution < 1.29 is 27.5 Å². The van der Waals surface area contributed by atoms with Crippen molar-refractivity contribution >= 4 is 61.7 Å². The van der Waals surface area contributed by atoms with E-state index in [-0.39, 0.29) is 24.1 Å². The topological polar surface area (TPSA) is 114 Å². The molecule has 4 aromatic rings. The minimum atomic E-state index is -4.78. The second-order valence-corrected chi connectivity index (χ2v) is 10.4. The number of carbonyl (C=O) groups is 2. The average molecular weight is 574 g/mol. The first kappa shape index (κ1) is 27.4. The summed E-state index contributed by atoms with van der Waals surface area (Å²) in [5, 5.41) is 6.22. The Labute approximate surface area is 230 Å². The van der Waals surface area contributed by atoms with Crippen LogP contribution in [0.2, 0.25) is 0 Å². The van der Waals surface area contributed by atoms with Gasteiger partial charge in [0, 0.05) is 45.0 Å². The highest BCUT2D eigenvalue weighted by atomic mass is 32.1. The number of alkyl halides is 3. The van der Waals surface area contributed by atoms with Gasteiger partial charge in [0.05, 0.1) is 27.8 Å². The second kappa shape index (κ2) is 11.1. The van der Waals surface area contributed by atoms with Crippen LogP contribution in [0, 0.1) is 5.92 Å². The lowest BCUT2D eigenvalue weighted by molar-refractivity contribution is -0.274. The van der Waals surface area contributed by atoms with Crippen LogP contribution in [0.5, 0.6) is 5.75 Å². The van der Waals surface area contributed by atoms with Crippen LogP contribution in [0.3, 0.4) is 0 Å². The zero-order chi connectivity index (χ0) is 28.4. The van der Waals surface area contributed by atoms with Gasteiger partial charge < -0.3 is 29.8 Å². The summed E-state index contributed by atoms with van der Waals surface area (Å²) in [6, 6.07) is 8.98. The smallest absolute Gasteiger partial charge is 0.406 e. The van der Waals surface area contributed by atoms with Crippen molar-refractivity contribution in [3.8, 4) is 5.75 Å². The Morgan fingerprint density at radius 3 is 2.65 bits per heavy atom. The fraction of sp³-hybridized carbons (Fsp3) is 0.346. The zero-order valence-corrected chi connectivity index (χ0v) is 22.5. The summed E-state index contributed by atoms with van der Waals surface area (Å²) in [6.45, 7) is 1.18. The van der Waals surface area contributed by atoms with Crippen LogP contribution >= 0.6 is 11.3 Å². The number of fused-ring (bicyclic) bond motifs is 2. The van der Waals surface area contributed by atoms with Gasteiger partial charge in [-0.1, -0.05) is 11.3 Å². The van der Waals surface area contributed by atoms with Crippen LogP contribution in [0.15, 0.2) is 41.4 Å². The number of piperidine rings is 1. The molecule has 40 heavy (non-hydrogen) atoms. The molecule has 0 spiro atoms. The lowest BCUT2D eigenvalue weighted by Crippen LogP contribution is -2.44. The van der Waals surface area contributed by atoms with Crippen molar-refractivity contribution in [2.45, 2.75) is 19.2 Å². The first-order chi connectivity index (χ1) is 19.1. The number of aliphatic imine (C=N–C) groups is 1. The summed E-state index contributed by atoms with van der Waals surface area (Å²) in [7, 11) is 3.53. The van der Waals surface area contributed by atoms with E-state index in [1.807, 2.05) is 6.21 Å². The van der Waals surface area contributed by atoms with Gasteiger partial charge in [-0.25, -0.2) is 9.97 Å². The summed E-state index contributed by atoms with van der Waals surface area (Å²) in [5.41, 5.74) is 2.16. The van der Waals surface area contributed by atoms with Gasteiger partial charge in [0.1, 0.15) is 5.75 Å². The lowest BCUT2D eigenvalue weighted by Gasteiger charge is -2.30. The number of benzene rings is 2. The van der Waals surface area contributed by atoms with Gasteiger partial charge in [-0.2, -0.15) is 0 Å². The molecule has 2 N–H and O–H groups in total. The molecule has 2 amide bonds. The third kappa shape index (κ3) is 6.17. The summed E-state index contributed by atoms with van der Waals surface area (Å²) in [5.74, 6) is -0.0134. The van der Waals surface area contributed by atoms with Crippen LogP contribution in [0.4, 0.5) is 24.3 Å². The fourth-order valence-corrected chi connectivity index (χ4v) is 5.47. The number of hydrogen-bond acceptors (Lipinski definition) is 8. The first-order valence-corrected chi connectivity index (χ1v) is 13.3. The van der Waals surface area contributed by atoms with E-state index in [0.717, 1.165) is 29.7 Å². The number of aryl methyl sites for hydroxylation is 1. The van der Waals surface area contributed by atoms with Crippen LogP contribution < -0.4 is 15.4 Å². The molecular weight excluding hydrogens is 547 g/mol. The molecule has 1 aliphatic rings. The Morgan fingerprint density at radius 1 is 1.15 bits per heavy atom. The van der Waals surface area contributed by atoms with Crippen LogP contribution in [0.25, 0.3) is 21.3 Å². The molecule has 3 heterocycles. The zero-order valence-electron chi connectivity index (χ0n) is 21.7. The maximum absolute atomic E-state index is 12.8. The van der Waals surface area contributed by atoms with Gasteiger partial charge in [0.25, 0.3) is 5.91 Å². The molecule has 10 nitrogen and oxygen atoms in total. The van der Waals surface area contributed by atoms with Crippen molar-refractivity contribution in [3.63, 3.8) is 0 Å². The highest BCUT2D eigenvalue weighted by Crippen LogP contribution is 2.33. The maximum atomic E-state index is 12.8. The summed E-state index contributed by atoms with van der Waals surface area (Å²) in [4.78, 5) is 40.1. The molecule has 0 saturated carbocycles. The standard InChI is InChI=1S/C26H26F3N7O3S/c1-30-13-15-7-9-36(10-8-15)22(37)14-31-23(38)16-3-6-20-19(11-16)32-24(35(20)2)34-25-33-18-5-4-17(12-21(18)40-25)39-26(27,28)29/h3-6,11-13,15H,7-10,14H2,1-2H3,(H,31,38)(H,32,33,34)/b30-13+. The molecule has 5 rings (SSSR count). The van der Waals surface area contributed by atoms with Crippen molar-refractivity contribution in [2.75, 3.05) is 32.0 Å². The Bertz CT molecular complexity index is 1590. The van der Waals surface area contributed by atoms with E-state index in [1.54, 1.807) is 41.8 Å². The number of carbonyl (C=O) groups excluding carboxylic acids is 2. The number of hydrogen-bond donors (Lipinski definition) is 2. The highest BCUT2D eigenvalue weighted by molar-refractivity contribution is 7.22. The van der Waals surface area contributed by atoms with Crippen molar-refractivity contribution in [1.29, 1.82) is 0 Å². The molecular formula is C26H26F3N7O3S. The number of likely N-dealkylation sites (tertiary alicyclic amines) is 1. The minimum absolute atomic E-state index is 0.0915. The van der Waals surface area contributed by atoms with E-state index in [2.05, 4.69) is 30.3 Å². The number of nitrogens with zero attached hydrogens (tertiary/aromatic N) is 5. The number of aromatic nitrogens is 3. The predicted octanol–water partition coefficient (Wildman–Crippen LogP) is 4.49. The monoisotopic (exact) mass is 573 g/mol. The second-order valence-electron chi connectivity index (χ2n) is 9.33. The Morgan fingerprint density at radius 2 is 1.93 bits per heavy atom. The summed E-state index contributed by atoms with van der Waals surface area (Å²) >= 11 is 1.15. The molecule has 2 aromatic heterocycles. The predicted molar refractivity (Wildman–Crippen MR) is 146 cm³/mol. The van der Waals surface area contributed by atoms with Crippen LogP contribution in [0.1, 0.15) is 23.2 Å². The molecule has 0 unspecified atom stereocenters. The fourth-order valence-electron chi connectivity index (χ4n) is 4.58. The lowest BCUT2D eigenvalue weighted by atomic mass is 9.98. The number of ether oxygens (including phenoxy) is 1. The normalized spacial score (nSPS) is 14.8. The number of rotatable bonds is 7. The molecule has 210 valence electrons.